The van der Waals surface area contributed by atoms with Crippen LogP contribution in [0.3, 0.4) is 0 Å². The molecule has 1 atom stereocenters. The van der Waals surface area contributed by atoms with Gasteiger partial charge in [-0.1, -0.05) is 18.2 Å². The molecule has 0 saturated carbocycles. The van der Waals surface area contributed by atoms with Crippen molar-refractivity contribution in [2.75, 3.05) is 46.3 Å². The van der Waals surface area contributed by atoms with Gasteiger partial charge >= 0.3 is 6.03 Å². The van der Waals surface area contributed by atoms with Crippen molar-refractivity contribution >= 4 is 17.8 Å². The van der Waals surface area contributed by atoms with E-state index in [1.807, 2.05) is 23.9 Å². The molecule has 0 fully saturated rings. The molecule has 1 aliphatic rings. The first-order valence-electron chi connectivity index (χ1n) is 7.51. The van der Waals surface area contributed by atoms with Crippen LogP contribution in [-0.2, 0) is 9.47 Å². The van der Waals surface area contributed by atoms with Gasteiger partial charge in [0.1, 0.15) is 0 Å². The number of amides is 2. The van der Waals surface area contributed by atoms with E-state index in [0.29, 0.717) is 26.3 Å². The van der Waals surface area contributed by atoms with Crippen molar-refractivity contribution in [2.24, 2.45) is 0 Å². The van der Waals surface area contributed by atoms with Crippen LogP contribution in [0.4, 0.5) is 4.79 Å². The highest BCUT2D eigenvalue weighted by atomic mass is 32.2. The van der Waals surface area contributed by atoms with Crippen LogP contribution in [0, 0.1) is 0 Å². The lowest BCUT2D eigenvalue weighted by atomic mass is 10.0. The number of fused-ring (bicyclic) bond motifs is 1. The van der Waals surface area contributed by atoms with Crippen LogP contribution in [-0.4, -0.2) is 57.2 Å². The second-order valence-electron chi connectivity index (χ2n) is 5.15. The summed E-state index contributed by atoms with van der Waals surface area (Å²) in [5, 5.41) is 3.16. The summed E-state index contributed by atoms with van der Waals surface area (Å²) >= 11 is 1.85. The zero-order valence-electron chi connectivity index (χ0n) is 13.2. The van der Waals surface area contributed by atoms with E-state index in [0.717, 1.165) is 12.2 Å². The Morgan fingerprint density at radius 1 is 1.27 bits per heavy atom. The molecule has 0 radical (unpaired) electrons. The predicted molar refractivity (Wildman–Crippen MR) is 88.4 cm³/mol. The van der Waals surface area contributed by atoms with Crippen molar-refractivity contribution in [3.8, 4) is 0 Å². The zero-order valence-corrected chi connectivity index (χ0v) is 14.0. The summed E-state index contributed by atoms with van der Waals surface area (Å²) in [5.74, 6) is 1.03. The van der Waals surface area contributed by atoms with Crippen LogP contribution in [0.15, 0.2) is 29.2 Å². The number of rotatable bonds is 7. The Kier molecular flexibility index (Phi) is 7.02. The third-order valence-electron chi connectivity index (χ3n) is 3.67. The van der Waals surface area contributed by atoms with E-state index in [2.05, 4.69) is 17.4 Å². The quantitative estimate of drug-likeness (QED) is 0.837. The van der Waals surface area contributed by atoms with Crippen LogP contribution >= 0.6 is 11.8 Å². The number of methoxy groups -OCH3 is 2. The Morgan fingerprint density at radius 2 is 1.95 bits per heavy atom. The Morgan fingerprint density at radius 3 is 2.64 bits per heavy atom. The molecule has 6 heteroatoms. The summed E-state index contributed by atoms with van der Waals surface area (Å²) in [6, 6.07) is 8.31. The Balaban J connectivity index is 2.00. The molecule has 0 aromatic heterocycles. The summed E-state index contributed by atoms with van der Waals surface area (Å²) in [5.41, 5.74) is 1.21. The maximum absolute atomic E-state index is 12.5. The lowest BCUT2D eigenvalue weighted by molar-refractivity contribution is 0.121. The molecule has 0 spiro atoms. The number of urea groups is 1. The summed E-state index contributed by atoms with van der Waals surface area (Å²) < 4.78 is 10.2. The van der Waals surface area contributed by atoms with Crippen LogP contribution in [0.1, 0.15) is 18.0 Å². The maximum atomic E-state index is 12.5. The van der Waals surface area contributed by atoms with Gasteiger partial charge in [0.05, 0.1) is 19.3 Å². The van der Waals surface area contributed by atoms with Gasteiger partial charge < -0.3 is 19.7 Å². The average Bonchev–Trinajstić information content (AvgIpc) is 2.55. The molecule has 0 aliphatic carbocycles. The summed E-state index contributed by atoms with van der Waals surface area (Å²) in [6.45, 7) is 2.17. The van der Waals surface area contributed by atoms with E-state index in [1.54, 1.807) is 19.1 Å². The fourth-order valence-electron chi connectivity index (χ4n) is 2.45. The van der Waals surface area contributed by atoms with E-state index in [4.69, 9.17) is 9.47 Å². The molecule has 1 aromatic carbocycles. The molecule has 122 valence electrons. The van der Waals surface area contributed by atoms with Crippen molar-refractivity contribution in [3.05, 3.63) is 29.8 Å². The highest BCUT2D eigenvalue weighted by Gasteiger charge is 2.24. The molecule has 1 N–H and O–H groups in total. The average molecular weight is 324 g/mol. The number of hydrogen-bond acceptors (Lipinski definition) is 4. The van der Waals surface area contributed by atoms with Crippen molar-refractivity contribution in [3.63, 3.8) is 0 Å². The first kappa shape index (κ1) is 17.1. The van der Waals surface area contributed by atoms with Gasteiger partial charge in [-0.05, 0) is 18.1 Å². The number of hydrogen-bond donors (Lipinski definition) is 1. The standard InChI is InChI=1S/C16H24N2O3S/c1-20-10-8-18(9-11-21-2)16(19)17-14-7-12-22-15-6-4-3-5-13(14)15/h3-6,14H,7-12H2,1-2H3,(H,17,19). The van der Waals surface area contributed by atoms with Gasteiger partial charge in [0.2, 0.25) is 0 Å². The number of benzene rings is 1. The fourth-order valence-corrected chi connectivity index (χ4v) is 3.58. The van der Waals surface area contributed by atoms with Gasteiger partial charge in [-0.25, -0.2) is 4.79 Å². The molecule has 1 aromatic rings. The lowest BCUT2D eigenvalue weighted by Crippen LogP contribution is -2.45. The van der Waals surface area contributed by atoms with Gasteiger partial charge in [0.25, 0.3) is 0 Å². The van der Waals surface area contributed by atoms with Crippen molar-refractivity contribution in [1.29, 1.82) is 0 Å². The Bertz CT molecular complexity index is 476. The summed E-state index contributed by atoms with van der Waals surface area (Å²) in [4.78, 5) is 15.5. The minimum Gasteiger partial charge on any atom is -0.383 e. The molecular formula is C16H24N2O3S. The summed E-state index contributed by atoms with van der Waals surface area (Å²) in [7, 11) is 3.28. The van der Waals surface area contributed by atoms with Gasteiger partial charge in [-0.3, -0.25) is 0 Å². The smallest absolute Gasteiger partial charge is 0.318 e. The number of thioether (sulfide) groups is 1. The summed E-state index contributed by atoms with van der Waals surface area (Å²) in [6.07, 6.45) is 0.954. The zero-order chi connectivity index (χ0) is 15.8. The SMILES string of the molecule is COCCN(CCOC)C(=O)NC1CCSc2ccccc21. The molecule has 1 unspecified atom stereocenters. The van der Waals surface area contributed by atoms with Crippen molar-refractivity contribution in [2.45, 2.75) is 17.4 Å². The monoisotopic (exact) mass is 324 g/mol. The molecule has 2 amide bonds. The molecule has 0 bridgehead atoms. The second-order valence-corrected chi connectivity index (χ2v) is 6.29. The van der Waals surface area contributed by atoms with E-state index in [9.17, 15) is 4.79 Å². The van der Waals surface area contributed by atoms with Crippen molar-refractivity contribution in [1.82, 2.24) is 10.2 Å². The number of ether oxygens (including phenoxy) is 2. The maximum Gasteiger partial charge on any atom is 0.318 e. The van der Waals surface area contributed by atoms with E-state index in [-0.39, 0.29) is 12.1 Å². The Labute approximate surface area is 136 Å². The van der Waals surface area contributed by atoms with E-state index in [1.165, 1.54) is 10.5 Å². The largest absolute Gasteiger partial charge is 0.383 e. The molecule has 22 heavy (non-hydrogen) atoms. The highest BCUT2D eigenvalue weighted by Crippen LogP contribution is 2.35. The Hall–Kier alpha value is -1.24. The minimum atomic E-state index is -0.0548. The third-order valence-corrected chi connectivity index (χ3v) is 4.80. The van der Waals surface area contributed by atoms with Crippen LogP contribution < -0.4 is 5.32 Å². The topological polar surface area (TPSA) is 50.8 Å². The molecule has 2 rings (SSSR count). The highest BCUT2D eigenvalue weighted by molar-refractivity contribution is 7.99. The van der Waals surface area contributed by atoms with Gasteiger partial charge in [0, 0.05) is 38.0 Å². The molecule has 1 heterocycles. The normalized spacial score (nSPS) is 16.9. The van der Waals surface area contributed by atoms with E-state index < -0.39 is 0 Å². The van der Waals surface area contributed by atoms with Gasteiger partial charge in [-0.2, -0.15) is 0 Å². The molecular weight excluding hydrogens is 300 g/mol. The van der Waals surface area contributed by atoms with Gasteiger partial charge in [0.15, 0.2) is 0 Å². The number of carbonyl (C=O) groups excluding carboxylic acids is 1. The second kappa shape index (κ2) is 9.02. The minimum absolute atomic E-state index is 0.0548. The first-order valence-corrected chi connectivity index (χ1v) is 8.50. The molecule has 1 aliphatic heterocycles. The van der Waals surface area contributed by atoms with Gasteiger partial charge in [-0.15, -0.1) is 11.8 Å². The van der Waals surface area contributed by atoms with Crippen LogP contribution in [0.5, 0.6) is 0 Å². The van der Waals surface area contributed by atoms with E-state index >= 15 is 0 Å². The van der Waals surface area contributed by atoms with Crippen LogP contribution in [0.25, 0.3) is 0 Å². The first-order chi connectivity index (χ1) is 10.8. The van der Waals surface area contributed by atoms with Crippen molar-refractivity contribution < 1.29 is 14.3 Å². The number of nitrogens with zero attached hydrogens (tertiary/aromatic N) is 1. The number of nitrogens with one attached hydrogen (secondary N) is 1. The predicted octanol–water partition coefficient (Wildman–Crippen LogP) is 2.53. The molecule has 0 saturated heterocycles. The lowest BCUT2D eigenvalue weighted by Gasteiger charge is -2.29. The third kappa shape index (κ3) is 4.63. The molecule has 5 nitrogen and oxygen atoms in total. The van der Waals surface area contributed by atoms with Crippen LogP contribution in [0.2, 0.25) is 0 Å². The fraction of sp³-hybridized carbons (Fsp3) is 0.562. The number of carbonyl (C=O) groups is 1.